The van der Waals surface area contributed by atoms with Crippen LogP contribution in [0.15, 0.2) is 85.2 Å². The fourth-order valence-corrected chi connectivity index (χ4v) is 4.99. The molecule has 4 aromatic rings. The maximum absolute atomic E-state index is 11.7. The lowest BCUT2D eigenvalue weighted by atomic mass is 10.0. The number of hydrogen-bond acceptors (Lipinski definition) is 4. The van der Waals surface area contributed by atoms with Crippen LogP contribution in [0.4, 0.5) is 0 Å². The van der Waals surface area contributed by atoms with E-state index in [9.17, 15) is 4.79 Å². The number of esters is 1. The van der Waals surface area contributed by atoms with Crippen molar-refractivity contribution in [3.63, 3.8) is 0 Å². The molecule has 5 rings (SSSR count). The maximum atomic E-state index is 11.7. The summed E-state index contributed by atoms with van der Waals surface area (Å²) >= 11 is 5.76. The van der Waals surface area contributed by atoms with Gasteiger partial charge in [-0.25, -0.2) is 0 Å². The molecule has 7 heteroatoms. The number of nitrogens with zero attached hydrogens (tertiary/aromatic N) is 3. The van der Waals surface area contributed by atoms with Crippen LogP contribution in [0.2, 0.25) is 0 Å². The number of fused-ring (bicyclic) bond motifs is 1. The van der Waals surface area contributed by atoms with Gasteiger partial charge in [-0.1, -0.05) is 36.4 Å². The third-order valence-corrected chi connectivity index (χ3v) is 6.65. The van der Waals surface area contributed by atoms with Crippen LogP contribution < -0.4 is 5.32 Å². The summed E-state index contributed by atoms with van der Waals surface area (Å²) in [6, 6.07) is 24.8. The van der Waals surface area contributed by atoms with Crippen molar-refractivity contribution in [3.05, 3.63) is 96.6 Å². The van der Waals surface area contributed by atoms with Gasteiger partial charge in [0, 0.05) is 36.7 Å². The Morgan fingerprint density at radius 2 is 1.88 bits per heavy atom. The van der Waals surface area contributed by atoms with E-state index in [1.807, 2.05) is 18.2 Å². The molecule has 0 amide bonds. The van der Waals surface area contributed by atoms with Crippen molar-refractivity contribution in [2.24, 2.45) is 0 Å². The maximum Gasteiger partial charge on any atom is 0.305 e. The molecule has 6 nitrogen and oxygen atoms in total. The van der Waals surface area contributed by atoms with E-state index in [-0.39, 0.29) is 18.1 Å². The zero-order valence-corrected chi connectivity index (χ0v) is 19.7. The van der Waals surface area contributed by atoms with Gasteiger partial charge in [0.25, 0.3) is 0 Å². The van der Waals surface area contributed by atoms with Crippen LogP contribution in [0, 0.1) is 0 Å². The minimum Gasteiger partial charge on any atom is -0.469 e. The summed E-state index contributed by atoms with van der Waals surface area (Å²) in [6.45, 7) is 0.637. The zero-order valence-electron chi connectivity index (χ0n) is 18.9. The Bertz CT molecular complexity index is 1320. The molecule has 2 aromatic carbocycles. The molecule has 0 spiro atoms. The second kappa shape index (κ2) is 9.65. The Balaban J connectivity index is 1.54. The van der Waals surface area contributed by atoms with E-state index in [1.54, 1.807) is 6.20 Å². The van der Waals surface area contributed by atoms with E-state index >= 15 is 0 Å². The molecule has 2 atom stereocenters. The smallest absolute Gasteiger partial charge is 0.305 e. The minimum absolute atomic E-state index is 0.0819. The molecule has 0 unspecified atom stereocenters. The first-order valence-electron chi connectivity index (χ1n) is 11.4. The van der Waals surface area contributed by atoms with Gasteiger partial charge in [-0.05, 0) is 65.8 Å². The summed E-state index contributed by atoms with van der Waals surface area (Å²) in [5.41, 5.74) is 3.12. The summed E-state index contributed by atoms with van der Waals surface area (Å²) < 4.78 is 7.04. The Kier molecular flexibility index (Phi) is 6.27. The van der Waals surface area contributed by atoms with Crippen LogP contribution in [-0.4, -0.2) is 39.2 Å². The predicted octanol–water partition coefficient (Wildman–Crippen LogP) is 4.95. The van der Waals surface area contributed by atoms with Crippen LogP contribution in [0.25, 0.3) is 16.5 Å². The third kappa shape index (κ3) is 4.26. The average Bonchev–Trinajstić information content (AvgIpc) is 3.48. The first-order valence-corrected chi connectivity index (χ1v) is 11.8. The SMILES string of the molecule is COC(=O)CCCN1C(=S)N[C@@H](c2ccccn2)[C@@H]1c1cccn1-c1ccc2ccccc2c1. The van der Waals surface area contributed by atoms with E-state index in [2.05, 4.69) is 80.6 Å². The molecule has 1 aliphatic rings. The number of aromatic nitrogens is 2. The number of nitrogens with one attached hydrogen (secondary N) is 1. The minimum atomic E-state index is -0.213. The molecule has 1 saturated heterocycles. The first-order chi connectivity index (χ1) is 16.7. The van der Waals surface area contributed by atoms with E-state index in [1.165, 1.54) is 17.9 Å². The monoisotopic (exact) mass is 470 g/mol. The van der Waals surface area contributed by atoms with Gasteiger partial charge in [-0.15, -0.1) is 0 Å². The summed E-state index contributed by atoms with van der Waals surface area (Å²) in [5, 5.41) is 6.55. The number of thiocarbonyl (C=S) groups is 1. The molecule has 2 aromatic heterocycles. The number of pyridine rings is 1. The molecular weight excluding hydrogens is 444 g/mol. The molecule has 0 bridgehead atoms. The van der Waals surface area contributed by atoms with Gasteiger partial charge in [-0.3, -0.25) is 9.78 Å². The fourth-order valence-electron chi connectivity index (χ4n) is 4.66. The van der Waals surface area contributed by atoms with Crippen LogP contribution in [0.3, 0.4) is 0 Å². The van der Waals surface area contributed by atoms with Crippen molar-refractivity contribution in [1.82, 2.24) is 19.8 Å². The molecular formula is C27H26N4O2S. The molecule has 1 N–H and O–H groups in total. The number of benzene rings is 2. The lowest BCUT2D eigenvalue weighted by Crippen LogP contribution is -2.31. The van der Waals surface area contributed by atoms with Crippen LogP contribution >= 0.6 is 12.2 Å². The number of carbonyl (C=O) groups is 1. The summed E-state index contributed by atoms with van der Waals surface area (Å²) in [4.78, 5) is 18.5. The number of methoxy groups -OCH3 is 1. The van der Waals surface area contributed by atoms with E-state index < -0.39 is 0 Å². The fraction of sp³-hybridized carbons (Fsp3) is 0.222. The number of carbonyl (C=O) groups excluding carboxylic acids is 1. The summed E-state index contributed by atoms with van der Waals surface area (Å²) in [7, 11) is 1.42. The Hall–Kier alpha value is -3.71. The molecule has 34 heavy (non-hydrogen) atoms. The molecule has 1 aliphatic heterocycles. The summed E-state index contributed by atoms with van der Waals surface area (Å²) in [5.74, 6) is -0.213. The number of hydrogen-bond donors (Lipinski definition) is 1. The van der Waals surface area contributed by atoms with E-state index in [4.69, 9.17) is 17.0 Å². The largest absolute Gasteiger partial charge is 0.469 e. The molecule has 0 radical (unpaired) electrons. The summed E-state index contributed by atoms with van der Waals surface area (Å²) in [6.07, 6.45) is 4.89. The highest BCUT2D eigenvalue weighted by atomic mass is 32.1. The normalized spacial score (nSPS) is 17.7. The average molecular weight is 471 g/mol. The topological polar surface area (TPSA) is 59.4 Å². The van der Waals surface area contributed by atoms with Crippen molar-refractivity contribution in [2.75, 3.05) is 13.7 Å². The standard InChI is InChI=1S/C27H26N4O2S/c1-33-24(32)12-7-17-31-26(25(29-27(31)34)22-10-4-5-15-28-22)23-11-6-16-30(23)21-14-13-19-8-2-3-9-20(19)18-21/h2-6,8-11,13-16,18,25-26H,7,12,17H2,1H3,(H,29,34)/t25-,26-/m0/s1. The molecule has 1 fully saturated rings. The highest BCUT2D eigenvalue weighted by Gasteiger charge is 2.41. The van der Waals surface area contributed by atoms with Gasteiger partial charge in [0.15, 0.2) is 5.11 Å². The quantitative estimate of drug-likeness (QED) is 0.305. The number of ether oxygens (including phenoxy) is 1. The Labute approximate surface area is 204 Å². The van der Waals surface area contributed by atoms with Gasteiger partial charge in [-0.2, -0.15) is 0 Å². The van der Waals surface area contributed by atoms with E-state index in [0.29, 0.717) is 24.5 Å². The molecule has 0 saturated carbocycles. The molecule has 172 valence electrons. The zero-order chi connectivity index (χ0) is 23.5. The van der Waals surface area contributed by atoms with Crippen molar-refractivity contribution in [2.45, 2.75) is 24.9 Å². The van der Waals surface area contributed by atoms with E-state index in [0.717, 1.165) is 17.1 Å². The highest BCUT2D eigenvalue weighted by Crippen LogP contribution is 2.39. The lowest BCUT2D eigenvalue weighted by Gasteiger charge is -2.29. The third-order valence-electron chi connectivity index (χ3n) is 6.30. The van der Waals surface area contributed by atoms with Crippen molar-refractivity contribution < 1.29 is 9.53 Å². The highest BCUT2D eigenvalue weighted by molar-refractivity contribution is 7.80. The number of rotatable bonds is 7. The van der Waals surface area contributed by atoms with Crippen LogP contribution in [-0.2, 0) is 9.53 Å². The van der Waals surface area contributed by atoms with Gasteiger partial charge in [0.05, 0.1) is 24.9 Å². The second-order valence-corrected chi connectivity index (χ2v) is 8.72. The molecule has 0 aliphatic carbocycles. The van der Waals surface area contributed by atoms with Gasteiger partial charge in [0.1, 0.15) is 0 Å². The van der Waals surface area contributed by atoms with Crippen LogP contribution in [0.5, 0.6) is 0 Å². The van der Waals surface area contributed by atoms with Crippen LogP contribution in [0.1, 0.15) is 36.3 Å². The van der Waals surface area contributed by atoms with Gasteiger partial charge < -0.3 is 19.5 Å². The van der Waals surface area contributed by atoms with Gasteiger partial charge in [0.2, 0.25) is 0 Å². The second-order valence-electron chi connectivity index (χ2n) is 8.33. The Morgan fingerprint density at radius 1 is 1.06 bits per heavy atom. The van der Waals surface area contributed by atoms with Gasteiger partial charge >= 0.3 is 5.97 Å². The van der Waals surface area contributed by atoms with Crippen molar-refractivity contribution in [3.8, 4) is 5.69 Å². The first kappa shape index (κ1) is 22.1. The van der Waals surface area contributed by atoms with Crippen molar-refractivity contribution in [1.29, 1.82) is 0 Å². The molecule has 3 heterocycles. The predicted molar refractivity (Wildman–Crippen MR) is 137 cm³/mol. The Morgan fingerprint density at radius 3 is 2.68 bits per heavy atom. The lowest BCUT2D eigenvalue weighted by molar-refractivity contribution is -0.140. The van der Waals surface area contributed by atoms with Crippen molar-refractivity contribution >= 4 is 34.1 Å².